The van der Waals surface area contributed by atoms with E-state index in [-0.39, 0.29) is 35.9 Å². The third-order valence-electron chi connectivity index (χ3n) is 4.13. The second kappa shape index (κ2) is 6.64. The zero-order valence-corrected chi connectivity index (χ0v) is 12.8. The van der Waals surface area contributed by atoms with Crippen LogP contribution in [-0.4, -0.2) is 61.1 Å². The average Bonchev–Trinajstić information content (AvgIpc) is 2.84. The molecule has 0 aliphatic carbocycles. The second-order valence-corrected chi connectivity index (χ2v) is 8.16. The number of nitrogens with one attached hydrogen (secondary N) is 1. The molecule has 2 atom stereocenters. The Morgan fingerprint density at radius 1 is 1.29 bits per heavy atom. The van der Waals surface area contributed by atoms with Crippen molar-refractivity contribution in [1.82, 2.24) is 10.2 Å². The first kappa shape index (κ1) is 16.1. The molecular formula is C13H22N2O5S. The van der Waals surface area contributed by atoms with E-state index in [1.165, 1.54) is 0 Å². The number of rotatable bonds is 4. The zero-order valence-electron chi connectivity index (χ0n) is 12.0. The van der Waals surface area contributed by atoms with Gasteiger partial charge < -0.3 is 15.3 Å². The van der Waals surface area contributed by atoms with Crippen molar-refractivity contribution < 1.29 is 23.1 Å². The molecule has 2 rings (SSSR count). The largest absolute Gasteiger partial charge is 0.481 e. The molecule has 0 aromatic rings. The minimum absolute atomic E-state index is 0.0228. The Labute approximate surface area is 124 Å². The van der Waals surface area contributed by atoms with Crippen LogP contribution in [0.4, 0.5) is 4.79 Å². The van der Waals surface area contributed by atoms with E-state index in [9.17, 15) is 18.0 Å². The standard InChI is InChI=1S/C13H22N2O5S/c16-12(17)4-3-10-5-6-15(8-10)13(18)14-11-2-1-7-21(19,20)9-11/h10-11H,1-9H2,(H,14,18)(H,16,17). The highest BCUT2D eigenvalue weighted by molar-refractivity contribution is 7.91. The van der Waals surface area contributed by atoms with E-state index >= 15 is 0 Å². The molecule has 2 unspecified atom stereocenters. The Balaban J connectivity index is 1.78. The number of sulfone groups is 1. The van der Waals surface area contributed by atoms with Gasteiger partial charge in [0.15, 0.2) is 9.84 Å². The van der Waals surface area contributed by atoms with E-state index in [4.69, 9.17) is 5.11 Å². The summed E-state index contributed by atoms with van der Waals surface area (Å²) in [6.07, 6.45) is 2.80. The van der Waals surface area contributed by atoms with Gasteiger partial charge in [0.05, 0.1) is 11.5 Å². The third kappa shape index (κ3) is 4.87. The Hall–Kier alpha value is -1.31. The molecule has 0 bridgehead atoms. The van der Waals surface area contributed by atoms with Gasteiger partial charge in [-0.25, -0.2) is 13.2 Å². The van der Waals surface area contributed by atoms with Gasteiger partial charge in [0.25, 0.3) is 0 Å². The van der Waals surface area contributed by atoms with Gasteiger partial charge in [0.2, 0.25) is 0 Å². The van der Waals surface area contributed by atoms with E-state index in [0.29, 0.717) is 32.4 Å². The van der Waals surface area contributed by atoms with E-state index in [2.05, 4.69) is 5.32 Å². The van der Waals surface area contributed by atoms with Gasteiger partial charge in [0, 0.05) is 25.6 Å². The molecule has 2 N–H and O–H groups in total. The van der Waals surface area contributed by atoms with Crippen LogP contribution in [0.2, 0.25) is 0 Å². The predicted octanol–water partition coefficient (Wildman–Crippen LogP) is 0.460. The maximum atomic E-state index is 12.1. The average molecular weight is 318 g/mol. The first-order chi connectivity index (χ1) is 9.85. The molecule has 0 saturated carbocycles. The molecule has 0 radical (unpaired) electrons. The number of carboxylic acids is 1. The van der Waals surface area contributed by atoms with Crippen LogP contribution < -0.4 is 5.32 Å². The maximum Gasteiger partial charge on any atom is 0.317 e. The number of aliphatic carboxylic acids is 1. The first-order valence-corrected chi connectivity index (χ1v) is 9.15. The van der Waals surface area contributed by atoms with Crippen LogP contribution >= 0.6 is 0 Å². The van der Waals surface area contributed by atoms with Crippen LogP contribution in [0, 0.1) is 5.92 Å². The molecule has 2 aliphatic heterocycles. The highest BCUT2D eigenvalue weighted by atomic mass is 32.2. The summed E-state index contributed by atoms with van der Waals surface area (Å²) in [5.74, 6) is -0.359. The molecule has 2 aliphatic rings. The van der Waals surface area contributed by atoms with Crippen molar-refractivity contribution >= 4 is 21.8 Å². The Kier molecular flexibility index (Phi) is 5.08. The van der Waals surface area contributed by atoms with Crippen molar-refractivity contribution in [3.05, 3.63) is 0 Å². The van der Waals surface area contributed by atoms with Gasteiger partial charge in [-0.1, -0.05) is 0 Å². The fourth-order valence-corrected chi connectivity index (χ4v) is 4.62. The topological polar surface area (TPSA) is 104 Å². The van der Waals surface area contributed by atoms with Gasteiger partial charge in [0.1, 0.15) is 0 Å². The highest BCUT2D eigenvalue weighted by Crippen LogP contribution is 2.21. The zero-order chi connectivity index (χ0) is 15.5. The highest BCUT2D eigenvalue weighted by Gasteiger charge is 2.30. The first-order valence-electron chi connectivity index (χ1n) is 7.33. The normalized spacial score (nSPS) is 28.3. The van der Waals surface area contributed by atoms with E-state index in [1.54, 1.807) is 4.90 Å². The SMILES string of the molecule is O=C(O)CCC1CCN(C(=O)NC2CCCS(=O)(=O)C2)C1. The number of urea groups is 1. The lowest BCUT2D eigenvalue weighted by molar-refractivity contribution is -0.137. The van der Waals surface area contributed by atoms with Crippen LogP contribution in [0.25, 0.3) is 0 Å². The smallest absolute Gasteiger partial charge is 0.317 e. The van der Waals surface area contributed by atoms with Crippen LogP contribution in [0.15, 0.2) is 0 Å². The monoisotopic (exact) mass is 318 g/mol. The minimum atomic E-state index is -3.03. The fraction of sp³-hybridized carbons (Fsp3) is 0.846. The number of amides is 2. The molecule has 0 spiro atoms. The molecule has 2 saturated heterocycles. The molecule has 2 heterocycles. The van der Waals surface area contributed by atoms with Crippen molar-refractivity contribution in [1.29, 1.82) is 0 Å². The van der Waals surface area contributed by atoms with Gasteiger partial charge in [-0.15, -0.1) is 0 Å². The number of nitrogens with zero attached hydrogens (tertiary/aromatic N) is 1. The predicted molar refractivity (Wildman–Crippen MR) is 76.8 cm³/mol. The van der Waals surface area contributed by atoms with Gasteiger partial charge in [-0.3, -0.25) is 4.79 Å². The van der Waals surface area contributed by atoms with E-state index < -0.39 is 15.8 Å². The van der Waals surface area contributed by atoms with Crippen molar-refractivity contribution in [2.45, 2.75) is 38.1 Å². The summed E-state index contributed by atoms with van der Waals surface area (Å²) in [5.41, 5.74) is 0. The Morgan fingerprint density at radius 2 is 2.05 bits per heavy atom. The lowest BCUT2D eigenvalue weighted by Gasteiger charge is -2.26. The van der Waals surface area contributed by atoms with Crippen LogP contribution in [0.5, 0.6) is 0 Å². The third-order valence-corrected chi connectivity index (χ3v) is 5.95. The Bertz CT molecular complexity index is 505. The summed E-state index contributed by atoms with van der Waals surface area (Å²) in [4.78, 5) is 24.3. The lowest BCUT2D eigenvalue weighted by atomic mass is 10.0. The number of carboxylic acid groups (broad SMARTS) is 1. The number of hydrogen-bond acceptors (Lipinski definition) is 4. The minimum Gasteiger partial charge on any atom is -0.481 e. The van der Waals surface area contributed by atoms with Crippen molar-refractivity contribution in [3.8, 4) is 0 Å². The van der Waals surface area contributed by atoms with Crippen LogP contribution in [-0.2, 0) is 14.6 Å². The van der Waals surface area contributed by atoms with Crippen molar-refractivity contribution in [2.75, 3.05) is 24.6 Å². The molecule has 2 amide bonds. The van der Waals surface area contributed by atoms with Crippen LogP contribution in [0.1, 0.15) is 32.1 Å². The lowest BCUT2D eigenvalue weighted by Crippen LogP contribution is -2.48. The van der Waals surface area contributed by atoms with Gasteiger partial charge in [-0.2, -0.15) is 0 Å². The second-order valence-electron chi connectivity index (χ2n) is 5.94. The van der Waals surface area contributed by atoms with Crippen molar-refractivity contribution in [3.63, 3.8) is 0 Å². The number of carbonyl (C=O) groups is 2. The molecule has 21 heavy (non-hydrogen) atoms. The molecule has 0 aromatic carbocycles. The summed E-state index contributed by atoms with van der Waals surface area (Å²) in [6.45, 7) is 1.16. The fourth-order valence-electron chi connectivity index (χ4n) is 2.98. The molecule has 7 nitrogen and oxygen atoms in total. The number of likely N-dealkylation sites (tertiary alicyclic amines) is 1. The van der Waals surface area contributed by atoms with Crippen molar-refractivity contribution in [2.24, 2.45) is 5.92 Å². The summed E-state index contributed by atoms with van der Waals surface area (Å²) in [7, 11) is -3.03. The summed E-state index contributed by atoms with van der Waals surface area (Å²) >= 11 is 0. The molecule has 120 valence electrons. The Morgan fingerprint density at radius 3 is 2.71 bits per heavy atom. The van der Waals surface area contributed by atoms with E-state index in [1.807, 2.05) is 0 Å². The summed E-state index contributed by atoms with van der Waals surface area (Å²) in [6, 6.07) is -0.524. The molecular weight excluding hydrogens is 296 g/mol. The van der Waals surface area contributed by atoms with Gasteiger partial charge >= 0.3 is 12.0 Å². The quantitative estimate of drug-likeness (QED) is 0.783. The summed E-state index contributed by atoms with van der Waals surface area (Å²) in [5, 5.41) is 11.5. The maximum absolute atomic E-state index is 12.1. The van der Waals surface area contributed by atoms with E-state index in [0.717, 1.165) is 6.42 Å². The number of carbonyl (C=O) groups excluding carboxylic acids is 1. The number of hydrogen-bond donors (Lipinski definition) is 2. The summed E-state index contributed by atoms with van der Waals surface area (Å²) < 4.78 is 23.1. The molecule has 0 aromatic heterocycles. The van der Waals surface area contributed by atoms with Gasteiger partial charge in [-0.05, 0) is 31.6 Å². The van der Waals surface area contributed by atoms with Crippen LogP contribution in [0.3, 0.4) is 0 Å². The molecule has 2 fully saturated rings. The molecule has 8 heteroatoms.